The summed E-state index contributed by atoms with van der Waals surface area (Å²) in [7, 11) is 0. The van der Waals surface area contributed by atoms with Crippen LogP contribution in [0.4, 0.5) is 0 Å². The summed E-state index contributed by atoms with van der Waals surface area (Å²) >= 11 is 0. The van der Waals surface area contributed by atoms with Gasteiger partial charge in [0.15, 0.2) is 0 Å². The lowest BCUT2D eigenvalue weighted by Gasteiger charge is -2.38. The van der Waals surface area contributed by atoms with E-state index in [9.17, 15) is 9.90 Å². The Labute approximate surface area is 117 Å². The van der Waals surface area contributed by atoms with E-state index in [4.69, 9.17) is 0 Å². The third kappa shape index (κ3) is 4.46. The third-order valence-electron chi connectivity index (χ3n) is 4.47. The molecule has 3 N–H and O–H groups in total. The molecule has 112 valence electrons. The van der Waals surface area contributed by atoms with Crippen LogP contribution in [0.2, 0.25) is 0 Å². The lowest BCUT2D eigenvalue weighted by Crippen LogP contribution is -2.56. The molecule has 0 aliphatic carbocycles. The molecule has 0 aromatic rings. The fourth-order valence-corrected chi connectivity index (χ4v) is 2.97. The van der Waals surface area contributed by atoms with E-state index in [2.05, 4.69) is 38.3 Å². The first-order chi connectivity index (χ1) is 8.92. The highest BCUT2D eigenvalue weighted by Gasteiger charge is 2.37. The zero-order chi connectivity index (χ0) is 14.5. The SMILES string of the molecule is CCC(CC)C(O)CNC(=O)C1NCCCC1(C)C. The predicted octanol–water partition coefficient (Wildman–Crippen LogP) is 1.68. The standard InChI is InChI=1S/C15H30N2O2/c1-5-11(6-2)12(18)10-17-14(19)13-15(3,4)8-7-9-16-13/h11-13,16,18H,5-10H2,1-4H3,(H,17,19). The Morgan fingerprint density at radius 2 is 2.05 bits per heavy atom. The second kappa shape index (κ2) is 7.25. The van der Waals surface area contributed by atoms with Gasteiger partial charge in [0.2, 0.25) is 5.91 Å². The summed E-state index contributed by atoms with van der Waals surface area (Å²) in [4.78, 5) is 12.2. The number of amides is 1. The summed E-state index contributed by atoms with van der Waals surface area (Å²) < 4.78 is 0. The fraction of sp³-hybridized carbons (Fsp3) is 0.933. The molecule has 1 aliphatic rings. The summed E-state index contributed by atoms with van der Waals surface area (Å²) in [5.74, 6) is 0.294. The molecular weight excluding hydrogens is 240 g/mol. The van der Waals surface area contributed by atoms with Crippen LogP contribution in [0.25, 0.3) is 0 Å². The van der Waals surface area contributed by atoms with Crippen molar-refractivity contribution in [3.63, 3.8) is 0 Å². The molecule has 1 heterocycles. The van der Waals surface area contributed by atoms with Gasteiger partial charge in [0.1, 0.15) is 0 Å². The van der Waals surface area contributed by atoms with Crippen molar-refractivity contribution in [1.29, 1.82) is 0 Å². The molecule has 1 fully saturated rings. The van der Waals surface area contributed by atoms with Crippen LogP contribution in [0.3, 0.4) is 0 Å². The first-order valence-corrected chi connectivity index (χ1v) is 7.61. The molecule has 1 amide bonds. The number of piperidine rings is 1. The average molecular weight is 270 g/mol. The molecule has 0 radical (unpaired) electrons. The molecule has 1 rings (SSSR count). The number of aliphatic hydroxyl groups excluding tert-OH is 1. The van der Waals surface area contributed by atoms with Crippen LogP contribution in [0.5, 0.6) is 0 Å². The predicted molar refractivity (Wildman–Crippen MR) is 77.9 cm³/mol. The Morgan fingerprint density at radius 1 is 1.42 bits per heavy atom. The molecule has 2 atom stereocenters. The number of carbonyl (C=O) groups is 1. The number of aliphatic hydroxyl groups is 1. The van der Waals surface area contributed by atoms with Gasteiger partial charge in [0.05, 0.1) is 12.1 Å². The second-order valence-electron chi connectivity index (χ2n) is 6.37. The Balaban J connectivity index is 2.46. The van der Waals surface area contributed by atoms with Crippen molar-refractivity contribution in [3.05, 3.63) is 0 Å². The minimum Gasteiger partial charge on any atom is -0.391 e. The van der Waals surface area contributed by atoms with Gasteiger partial charge in [-0.15, -0.1) is 0 Å². The summed E-state index contributed by atoms with van der Waals surface area (Å²) in [5.41, 5.74) is -0.0117. The van der Waals surface area contributed by atoms with Crippen molar-refractivity contribution in [1.82, 2.24) is 10.6 Å². The van der Waals surface area contributed by atoms with Gasteiger partial charge in [-0.1, -0.05) is 40.5 Å². The topological polar surface area (TPSA) is 61.4 Å². The Morgan fingerprint density at radius 3 is 2.58 bits per heavy atom. The van der Waals surface area contributed by atoms with Crippen molar-refractivity contribution in [2.24, 2.45) is 11.3 Å². The van der Waals surface area contributed by atoms with E-state index in [0.717, 1.165) is 32.2 Å². The number of nitrogens with one attached hydrogen (secondary N) is 2. The Kier molecular flexibility index (Phi) is 6.27. The van der Waals surface area contributed by atoms with E-state index in [1.807, 2.05) is 0 Å². The molecule has 0 aromatic carbocycles. The molecule has 1 aliphatic heterocycles. The molecule has 4 nitrogen and oxygen atoms in total. The summed E-state index contributed by atoms with van der Waals surface area (Å²) in [6.07, 6.45) is 3.63. The largest absolute Gasteiger partial charge is 0.391 e. The molecule has 0 spiro atoms. The molecular formula is C15H30N2O2. The minimum absolute atomic E-state index is 0.0117. The molecule has 0 bridgehead atoms. The van der Waals surface area contributed by atoms with Gasteiger partial charge < -0.3 is 15.7 Å². The number of hydrogen-bond acceptors (Lipinski definition) is 3. The van der Waals surface area contributed by atoms with Crippen molar-refractivity contribution in [3.8, 4) is 0 Å². The lowest BCUT2D eigenvalue weighted by molar-refractivity contribution is -0.127. The lowest BCUT2D eigenvalue weighted by atomic mass is 9.77. The van der Waals surface area contributed by atoms with E-state index >= 15 is 0 Å². The van der Waals surface area contributed by atoms with E-state index in [1.165, 1.54) is 0 Å². The van der Waals surface area contributed by atoms with E-state index in [1.54, 1.807) is 0 Å². The minimum atomic E-state index is -0.439. The number of rotatable bonds is 6. The molecule has 1 saturated heterocycles. The molecule has 0 aromatic heterocycles. The molecule has 2 unspecified atom stereocenters. The van der Waals surface area contributed by atoms with Crippen molar-refractivity contribution in [2.45, 2.75) is 65.5 Å². The van der Waals surface area contributed by atoms with Crippen LogP contribution in [-0.4, -0.2) is 36.2 Å². The normalized spacial score (nSPS) is 24.2. The van der Waals surface area contributed by atoms with Crippen molar-refractivity contribution >= 4 is 5.91 Å². The smallest absolute Gasteiger partial charge is 0.237 e. The van der Waals surface area contributed by atoms with Gasteiger partial charge >= 0.3 is 0 Å². The Bertz CT molecular complexity index is 288. The average Bonchev–Trinajstić information content (AvgIpc) is 2.37. The van der Waals surface area contributed by atoms with Gasteiger partial charge in [-0.05, 0) is 30.7 Å². The maximum atomic E-state index is 12.2. The highest BCUT2D eigenvalue weighted by atomic mass is 16.3. The maximum absolute atomic E-state index is 12.2. The maximum Gasteiger partial charge on any atom is 0.237 e. The zero-order valence-corrected chi connectivity index (χ0v) is 12.8. The summed E-state index contributed by atoms with van der Waals surface area (Å²) in [5, 5.41) is 16.3. The van der Waals surface area contributed by atoms with Crippen LogP contribution in [-0.2, 0) is 4.79 Å². The van der Waals surface area contributed by atoms with Crippen molar-refractivity contribution in [2.75, 3.05) is 13.1 Å². The van der Waals surface area contributed by atoms with E-state index in [0.29, 0.717) is 6.54 Å². The summed E-state index contributed by atoms with van der Waals surface area (Å²) in [6, 6.07) is -0.143. The van der Waals surface area contributed by atoms with Crippen molar-refractivity contribution < 1.29 is 9.90 Å². The van der Waals surface area contributed by atoms with Crippen LogP contribution >= 0.6 is 0 Å². The summed E-state index contributed by atoms with van der Waals surface area (Å²) in [6.45, 7) is 9.66. The van der Waals surface area contributed by atoms with Gasteiger partial charge in [-0.3, -0.25) is 4.79 Å². The fourth-order valence-electron chi connectivity index (χ4n) is 2.97. The van der Waals surface area contributed by atoms with E-state index < -0.39 is 6.10 Å². The molecule has 4 heteroatoms. The second-order valence-corrected chi connectivity index (χ2v) is 6.37. The number of carbonyl (C=O) groups excluding carboxylic acids is 1. The number of hydrogen-bond donors (Lipinski definition) is 3. The van der Waals surface area contributed by atoms with E-state index in [-0.39, 0.29) is 23.3 Å². The quantitative estimate of drug-likeness (QED) is 0.688. The van der Waals surface area contributed by atoms with Gasteiger partial charge in [-0.25, -0.2) is 0 Å². The molecule has 19 heavy (non-hydrogen) atoms. The van der Waals surface area contributed by atoms with Gasteiger partial charge in [-0.2, -0.15) is 0 Å². The van der Waals surface area contributed by atoms with Crippen LogP contribution in [0, 0.1) is 11.3 Å². The van der Waals surface area contributed by atoms with Crippen LogP contribution in [0.15, 0.2) is 0 Å². The first kappa shape index (κ1) is 16.4. The highest BCUT2D eigenvalue weighted by Crippen LogP contribution is 2.30. The highest BCUT2D eigenvalue weighted by molar-refractivity contribution is 5.82. The van der Waals surface area contributed by atoms with Gasteiger partial charge in [0, 0.05) is 6.54 Å². The first-order valence-electron chi connectivity index (χ1n) is 7.61. The van der Waals surface area contributed by atoms with Crippen LogP contribution < -0.4 is 10.6 Å². The monoisotopic (exact) mass is 270 g/mol. The van der Waals surface area contributed by atoms with Crippen LogP contribution in [0.1, 0.15) is 53.4 Å². The Hall–Kier alpha value is -0.610. The third-order valence-corrected chi connectivity index (χ3v) is 4.47. The van der Waals surface area contributed by atoms with Gasteiger partial charge in [0.25, 0.3) is 0 Å². The zero-order valence-electron chi connectivity index (χ0n) is 12.8. The molecule has 0 saturated carbocycles.